The van der Waals surface area contributed by atoms with Gasteiger partial charge in [-0.3, -0.25) is 9.59 Å². The molecule has 0 spiro atoms. The molecule has 1 fully saturated rings. The van der Waals surface area contributed by atoms with E-state index in [9.17, 15) is 9.59 Å². The summed E-state index contributed by atoms with van der Waals surface area (Å²) in [6.45, 7) is 7.19. The monoisotopic (exact) mass is 465 g/mol. The standard InChI is InChI=1S/C27H31NO6/c1-15-16(2)26-22(17(3)25(15)33-18(4)29)12-19(14-32-26)27(30)28-20-10-11-23(31-5)24(13-20)34-21-8-6-7-9-21/h10-13,21H,6-9,14H2,1-5H3,(H,28,30). The molecule has 1 N–H and O–H groups in total. The Kier molecular flexibility index (Phi) is 6.82. The molecule has 0 atom stereocenters. The Labute approximate surface area is 200 Å². The SMILES string of the molecule is COc1ccc(NC(=O)C2=Cc3c(C)c(OC(C)=O)c(C)c(C)c3OC2)cc1OC1CCCC1. The predicted molar refractivity (Wildman–Crippen MR) is 130 cm³/mol. The summed E-state index contributed by atoms with van der Waals surface area (Å²) in [6.07, 6.45) is 6.36. The van der Waals surface area contributed by atoms with Crippen molar-refractivity contribution in [3.63, 3.8) is 0 Å². The van der Waals surface area contributed by atoms with E-state index in [0.717, 1.165) is 47.9 Å². The highest BCUT2D eigenvalue weighted by Crippen LogP contribution is 2.41. The smallest absolute Gasteiger partial charge is 0.308 e. The first-order valence-corrected chi connectivity index (χ1v) is 11.6. The Balaban J connectivity index is 1.59. The van der Waals surface area contributed by atoms with Crippen LogP contribution in [0.5, 0.6) is 23.0 Å². The maximum Gasteiger partial charge on any atom is 0.308 e. The number of hydrogen-bond donors (Lipinski definition) is 1. The van der Waals surface area contributed by atoms with Gasteiger partial charge in [-0.1, -0.05) is 0 Å². The molecule has 4 rings (SSSR count). The quantitative estimate of drug-likeness (QED) is 0.462. The molecule has 0 radical (unpaired) electrons. The van der Waals surface area contributed by atoms with Crippen molar-refractivity contribution in [1.82, 2.24) is 0 Å². The lowest BCUT2D eigenvalue weighted by Gasteiger charge is -2.24. The van der Waals surface area contributed by atoms with E-state index in [4.69, 9.17) is 18.9 Å². The number of ether oxygens (including phenoxy) is 4. The third-order valence-corrected chi connectivity index (χ3v) is 6.48. The maximum absolute atomic E-state index is 13.1. The van der Waals surface area contributed by atoms with E-state index in [1.807, 2.05) is 26.8 Å². The van der Waals surface area contributed by atoms with Crippen molar-refractivity contribution in [3.8, 4) is 23.0 Å². The Morgan fingerprint density at radius 3 is 2.44 bits per heavy atom. The molecule has 2 aromatic carbocycles. The van der Waals surface area contributed by atoms with E-state index in [0.29, 0.717) is 34.3 Å². The minimum atomic E-state index is -0.389. The van der Waals surface area contributed by atoms with Crippen LogP contribution in [-0.4, -0.2) is 31.7 Å². The van der Waals surface area contributed by atoms with Gasteiger partial charge < -0.3 is 24.3 Å². The van der Waals surface area contributed by atoms with Crippen molar-refractivity contribution >= 4 is 23.6 Å². The fraction of sp³-hybridized carbons (Fsp3) is 0.407. The largest absolute Gasteiger partial charge is 0.493 e. The fourth-order valence-corrected chi connectivity index (χ4v) is 4.51. The zero-order valence-corrected chi connectivity index (χ0v) is 20.4. The molecule has 180 valence electrons. The van der Waals surface area contributed by atoms with Crippen molar-refractivity contribution in [2.45, 2.75) is 59.5 Å². The molecule has 2 aromatic rings. The number of carbonyl (C=O) groups is 2. The van der Waals surface area contributed by atoms with Crippen molar-refractivity contribution < 1.29 is 28.5 Å². The lowest BCUT2D eigenvalue weighted by molar-refractivity contribution is -0.132. The van der Waals surface area contributed by atoms with Gasteiger partial charge in [0, 0.05) is 29.8 Å². The van der Waals surface area contributed by atoms with Crippen LogP contribution in [0.1, 0.15) is 54.9 Å². The molecule has 0 aromatic heterocycles. The predicted octanol–water partition coefficient (Wildman–Crippen LogP) is 5.28. The summed E-state index contributed by atoms with van der Waals surface area (Å²) < 4.78 is 23.0. The first-order valence-electron chi connectivity index (χ1n) is 11.6. The highest BCUT2D eigenvalue weighted by atomic mass is 16.5. The average molecular weight is 466 g/mol. The van der Waals surface area contributed by atoms with Crippen LogP contribution in [0.3, 0.4) is 0 Å². The molecule has 0 unspecified atom stereocenters. The minimum Gasteiger partial charge on any atom is -0.493 e. The molecule has 1 saturated carbocycles. The van der Waals surface area contributed by atoms with Crippen LogP contribution < -0.4 is 24.3 Å². The number of anilines is 1. The van der Waals surface area contributed by atoms with E-state index >= 15 is 0 Å². The molecule has 7 heteroatoms. The molecule has 1 aliphatic heterocycles. The Bertz CT molecular complexity index is 1160. The Morgan fingerprint density at radius 1 is 1.03 bits per heavy atom. The summed E-state index contributed by atoms with van der Waals surface area (Å²) in [5.74, 6) is 1.82. The molecule has 0 bridgehead atoms. The Morgan fingerprint density at radius 2 is 1.76 bits per heavy atom. The zero-order valence-electron chi connectivity index (χ0n) is 20.4. The summed E-state index contributed by atoms with van der Waals surface area (Å²) in [4.78, 5) is 24.7. The van der Waals surface area contributed by atoms with Gasteiger partial charge in [0.05, 0.1) is 18.8 Å². The fourth-order valence-electron chi connectivity index (χ4n) is 4.51. The summed E-state index contributed by atoms with van der Waals surface area (Å²) in [6, 6.07) is 5.38. The van der Waals surface area contributed by atoms with Gasteiger partial charge in [-0.05, 0) is 75.8 Å². The molecular weight excluding hydrogens is 434 g/mol. The van der Waals surface area contributed by atoms with Gasteiger partial charge in [-0.25, -0.2) is 0 Å². The van der Waals surface area contributed by atoms with Crippen LogP contribution in [-0.2, 0) is 9.59 Å². The summed E-state index contributed by atoms with van der Waals surface area (Å²) >= 11 is 0. The molecular formula is C27H31NO6. The number of benzene rings is 2. The second-order valence-electron chi connectivity index (χ2n) is 8.84. The zero-order chi connectivity index (χ0) is 24.4. The van der Waals surface area contributed by atoms with Gasteiger partial charge in [0.25, 0.3) is 5.91 Å². The Hall–Kier alpha value is -3.48. The summed E-state index contributed by atoms with van der Waals surface area (Å²) in [5.41, 5.74) is 4.33. The highest BCUT2D eigenvalue weighted by Gasteiger charge is 2.25. The molecule has 7 nitrogen and oxygen atoms in total. The van der Waals surface area contributed by atoms with Crippen LogP contribution in [0.15, 0.2) is 23.8 Å². The molecule has 1 amide bonds. The topological polar surface area (TPSA) is 83.1 Å². The second-order valence-corrected chi connectivity index (χ2v) is 8.84. The van der Waals surface area contributed by atoms with Gasteiger partial charge in [0.1, 0.15) is 18.1 Å². The number of amides is 1. The van der Waals surface area contributed by atoms with Crippen molar-refractivity contribution in [3.05, 3.63) is 46.0 Å². The van der Waals surface area contributed by atoms with Gasteiger partial charge in [-0.2, -0.15) is 0 Å². The van der Waals surface area contributed by atoms with Crippen molar-refractivity contribution in [2.75, 3.05) is 19.0 Å². The van der Waals surface area contributed by atoms with Crippen LogP contribution in [0, 0.1) is 20.8 Å². The number of methoxy groups -OCH3 is 1. The van der Waals surface area contributed by atoms with E-state index < -0.39 is 0 Å². The van der Waals surface area contributed by atoms with E-state index in [-0.39, 0.29) is 24.6 Å². The highest BCUT2D eigenvalue weighted by molar-refractivity contribution is 6.08. The van der Waals surface area contributed by atoms with Gasteiger partial charge in [0.2, 0.25) is 0 Å². The van der Waals surface area contributed by atoms with Gasteiger partial charge in [-0.15, -0.1) is 0 Å². The van der Waals surface area contributed by atoms with Gasteiger partial charge >= 0.3 is 5.97 Å². The van der Waals surface area contributed by atoms with E-state index in [2.05, 4.69) is 5.32 Å². The lowest BCUT2D eigenvalue weighted by Crippen LogP contribution is -2.22. The normalized spacial score (nSPS) is 15.1. The van der Waals surface area contributed by atoms with Crippen molar-refractivity contribution in [1.29, 1.82) is 0 Å². The van der Waals surface area contributed by atoms with Crippen LogP contribution >= 0.6 is 0 Å². The molecule has 0 saturated heterocycles. The average Bonchev–Trinajstić information content (AvgIpc) is 3.33. The molecule has 34 heavy (non-hydrogen) atoms. The van der Waals surface area contributed by atoms with Crippen LogP contribution in [0.4, 0.5) is 5.69 Å². The first kappa shape index (κ1) is 23.7. The van der Waals surface area contributed by atoms with Gasteiger partial charge in [0.15, 0.2) is 11.5 Å². The summed E-state index contributed by atoms with van der Waals surface area (Å²) in [7, 11) is 1.60. The van der Waals surface area contributed by atoms with Crippen LogP contribution in [0.2, 0.25) is 0 Å². The number of fused-ring (bicyclic) bond motifs is 1. The molecule has 1 aliphatic carbocycles. The number of carbonyl (C=O) groups excluding carboxylic acids is 2. The first-order chi connectivity index (χ1) is 16.3. The van der Waals surface area contributed by atoms with E-state index in [1.54, 1.807) is 25.3 Å². The number of hydrogen-bond acceptors (Lipinski definition) is 6. The van der Waals surface area contributed by atoms with E-state index in [1.165, 1.54) is 6.92 Å². The number of nitrogens with one attached hydrogen (secondary N) is 1. The summed E-state index contributed by atoms with van der Waals surface area (Å²) in [5, 5.41) is 2.94. The second kappa shape index (κ2) is 9.79. The lowest BCUT2D eigenvalue weighted by atomic mass is 9.94. The van der Waals surface area contributed by atoms with Crippen LogP contribution in [0.25, 0.3) is 6.08 Å². The van der Waals surface area contributed by atoms with Crippen molar-refractivity contribution in [2.24, 2.45) is 0 Å². The molecule has 1 heterocycles. The minimum absolute atomic E-state index is 0.146. The maximum atomic E-state index is 13.1. The number of rotatable bonds is 6. The third-order valence-electron chi connectivity index (χ3n) is 6.48. The third kappa shape index (κ3) is 4.74. The molecule has 2 aliphatic rings. The number of esters is 1.